The molecule has 1 fully saturated rings. The van der Waals surface area contributed by atoms with Crippen LogP contribution in [0.15, 0.2) is 23.1 Å². The van der Waals surface area contributed by atoms with Gasteiger partial charge < -0.3 is 10.2 Å². The van der Waals surface area contributed by atoms with Crippen molar-refractivity contribution >= 4 is 21.8 Å². The van der Waals surface area contributed by atoms with Gasteiger partial charge in [0.1, 0.15) is 0 Å². The van der Waals surface area contributed by atoms with E-state index < -0.39 is 10.0 Å². The molecular weight excluding hydrogens is 306 g/mol. The average Bonchev–Trinajstić information content (AvgIpc) is 2.46. The van der Waals surface area contributed by atoms with Crippen LogP contribution in [0.5, 0.6) is 0 Å². The SMILES string of the molecule is Cc1ccc(S(=O)(=O)N(C)C)cc1C(=O)N1CCNC(=O)C1. The lowest BCUT2D eigenvalue weighted by atomic mass is 10.1. The molecule has 2 rings (SSSR count). The fourth-order valence-corrected chi connectivity index (χ4v) is 3.11. The van der Waals surface area contributed by atoms with E-state index in [1.54, 1.807) is 13.0 Å². The summed E-state index contributed by atoms with van der Waals surface area (Å²) in [5, 5.41) is 2.65. The van der Waals surface area contributed by atoms with Crippen LogP contribution in [0, 0.1) is 6.92 Å². The van der Waals surface area contributed by atoms with Crippen molar-refractivity contribution in [2.75, 3.05) is 33.7 Å². The lowest BCUT2D eigenvalue weighted by Crippen LogP contribution is -2.50. The molecule has 0 radical (unpaired) electrons. The van der Waals surface area contributed by atoms with Gasteiger partial charge in [-0.25, -0.2) is 12.7 Å². The number of hydrogen-bond acceptors (Lipinski definition) is 4. The summed E-state index contributed by atoms with van der Waals surface area (Å²) in [4.78, 5) is 25.4. The van der Waals surface area contributed by atoms with E-state index in [4.69, 9.17) is 0 Å². The van der Waals surface area contributed by atoms with Crippen LogP contribution >= 0.6 is 0 Å². The van der Waals surface area contributed by atoms with Crippen molar-refractivity contribution in [1.29, 1.82) is 0 Å². The molecule has 8 heteroatoms. The summed E-state index contributed by atoms with van der Waals surface area (Å²) in [6.07, 6.45) is 0. The largest absolute Gasteiger partial charge is 0.353 e. The van der Waals surface area contributed by atoms with E-state index in [1.165, 1.54) is 31.1 Å². The van der Waals surface area contributed by atoms with E-state index in [1.807, 2.05) is 0 Å². The number of nitrogens with one attached hydrogen (secondary N) is 1. The predicted octanol–water partition coefficient (Wildman–Crippen LogP) is -0.183. The highest BCUT2D eigenvalue weighted by Gasteiger charge is 2.25. The van der Waals surface area contributed by atoms with E-state index in [9.17, 15) is 18.0 Å². The van der Waals surface area contributed by atoms with Gasteiger partial charge >= 0.3 is 0 Å². The molecule has 22 heavy (non-hydrogen) atoms. The molecule has 1 aromatic rings. The summed E-state index contributed by atoms with van der Waals surface area (Å²) in [5.74, 6) is -0.544. The maximum Gasteiger partial charge on any atom is 0.254 e. The third kappa shape index (κ3) is 3.12. The number of nitrogens with zero attached hydrogens (tertiary/aromatic N) is 2. The van der Waals surface area contributed by atoms with Gasteiger partial charge in [-0.1, -0.05) is 6.07 Å². The van der Waals surface area contributed by atoms with Crippen molar-refractivity contribution < 1.29 is 18.0 Å². The summed E-state index contributed by atoms with van der Waals surface area (Å²) < 4.78 is 25.5. The lowest BCUT2D eigenvalue weighted by molar-refractivity contribution is -0.123. The second kappa shape index (κ2) is 6.05. The minimum absolute atomic E-state index is 0.0110. The van der Waals surface area contributed by atoms with Crippen LogP contribution in [-0.2, 0) is 14.8 Å². The standard InChI is InChI=1S/C14H19N3O4S/c1-10-4-5-11(22(20,21)16(2)3)8-12(10)14(19)17-7-6-15-13(18)9-17/h4-5,8H,6-7,9H2,1-3H3,(H,15,18). The summed E-state index contributed by atoms with van der Waals surface area (Å²) >= 11 is 0. The Hall–Kier alpha value is -1.93. The third-order valence-corrected chi connectivity index (χ3v) is 5.35. The van der Waals surface area contributed by atoms with E-state index in [0.29, 0.717) is 24.2 Å². The van der Waals surface area contributed by atoms with Gasteiger partial charge in [0.25, 0.3) is 5.91 Å². The van der Waals surface area contributed by atoms with E-state index in [-0.39, 0.29) is 23.3 Å². The lowest BCUT2D eigenvalue weighted by Gasteiger charge is -2.27. The van der Waals surface area contributed by atoms with Crippen LogP contribution in [0.4, 0.5) is 0 Å². The number of hydrogen-bond donors (Lipinski definition) is 1. The molecule has 0 saturated carbocycles. The summed E-state index contributed by atoms with van der Waals surface area (Å²) in [6.45, 7) is 2.54. The number of carbonyl (C=O) groups is 2. The van der Waals surface area contributed by atoms with Crippen LogP contribution in [0.2, 0.25) is 0 Å². The van der Waals surface area contributed by atoms with Crippen molar-refractivity contribution in [3.63, 3.8) is 0 Å². The quantitative estimate of drug-likeness (QED) is 0.835. The molecule has 2 amide bonds. The first-order valence-electron chi connectivity index (χ1n) is 6.82. The number of aryl methyl sites for hydroxylation is 1. The van der Waals surface area contributed by atoms with Gasteiger partial charge in [0, 0.05) is 32.7 Å². The van der Waals surface area contributed by atoms with Crippen molar-refractivity contribution in [3.05, 3.63) is 29.3 Å². The summed E-state index contributed by atoms with van der Waals surface area (Å²) in [6, 6.07) is 4.46. The molecule has 120 valence electrons. The van der Waals surface area contributed by atoms with Crippen LogP contribution in [0.1, 0.15) is 15.9 Å². The Balaban J connectivity index is 2.39. The van der Waals surface area contributed by atoms with Gasteiger partial charge in [0.05, 0.1) is 11.4 Å². The molecule has 0 unspecified atom stereocenters. The van der Waals surface area contributed by atoms with E-state index in [2.05, 4.69) is 5.32 Å². The minimum Gasteiger partial charge on any atom is -0.353 e. The van der Waals surface area contributed by atoms with Crippen LogP contribution in [0.25, 0.3) is 0 Å². The summed E-state index contributed by atoms with van der Waals surface area (Å²) in [5.41, 5.74) is 0.978. The number of carbonyl (C=O) groups excluding carboxylic acids is 2. The zero-order valence-electron chi connectivity index (χ0n) is 12.8. The topological polar surface area (TPSA) is 86.8 Å². The smallest absolute Gasteiger partial charge is 0.254 e. The van der Waals surface area contributed by atoms with E-state index in [0.717, 1.165) is 4.31 Å². The highest BCUT2D eigenvalue weighted by Crippen LogP contribution is 2.19. The molecule has 1 N–H and O–H groups in total. The normalized spacial score (nSPS) is 15.8. The second-order valence-corrected chi connectivity index (χ2v) is 7.49. The molecule has 0 bridgehead atoms. The van der Waals surface area contributed by atoms with Gasteiger partial charge in [-0.2, -0.15) is 0 Å². The Morgan fingerprint density at radius 2 is 2.00 bits per heavy atom. The molecule has 7 nitrogen and oxygen atoms in total. The minimum atomic E-state index is -3.61. The van der Waals surface area contributed by atoms with Gasteiger partial charge in [0.15, 0.2) is 0 Å². The first-order valence-corrected chi connectivity index (χ1v) is 8.26. The van der Waals surface area contributed by atoms with Crippen LogP contribution in [-0.4, -0.2) is 63.2 Å². The fourth-order valence-electron chi connectivity index (χ4n) is 2.19. The molecule has 0 aromatic heterocycles. The first kappa shape index (κ1) is 16.4. The molecule has 1 heterocycles. The average molecular weight is 325 g/mol. The maximum atomic E-state index is 12.6. The molecule has 1 saturated heterocycles. The Morgan fingerprint density at radius 3 is 2.59 bits per heavy atom. The Bertz CT molecular complexity index is 713. The molecular formula is C14H19N3O4S. The monoisotopic (exact) mass is 325 g/mol. The van der Waals surface area contributed by atoms with Crippen molar-refractivity contribution in [3.8, 4) is 0 Å². The number of sulfonamides is 1. The number of benzene rings is 1. The van der Waals surface area contributed by atoms with Crippen molar-refractivity contribution in [2.24, 2.45) is 0 Å². The Kier molecular flexibility index (Phi) is 4.52. The fraction of sp³-hybridized carbons (Fsp3) is 0.429. The Morgan fingerprint density at radius 1 is 1.32 bits per heavy atom. The molecule has 0 atom stereocenters. The van der Waals surface area contributed by atoms with Crippen molar-refractivity contribution in [2.45, 2.75) is 11.8 Å². The highest BCUT2D eigenvalue weighted by atomic mass is 32.2. The van der Waals surface area contributed by atoms with Crippen molar-refractivity contribution in [1.82, 2.24) is 14.5 Å². The van der Waals surface area contributed by atoms with Gasteiger partial charge in [-0.3, -0.25) is 9.59 Å². The van der Waals surface area contributed by atoms with Gasteiger partial charge in [-0.15, -0.1) is 0 Å². The Labute approximate surface area is 129 Å². The molecule has 1 aliphatic rings. The summed E-state index contributed by atoms with van der Waals surface area (Å²) in [7, 11) is -0.736. The third-order valence-electron chi connectivity index (χ3n) is 3.54. The number of amides is 2. The van der Waals surface area contributed by atoms with Crippen LogP contribution < -0.4 is 5.32 Å². The second-order valence-electron chi connectivity index (χ2n) is 5.34. The molecule has 0 aliphatic carbocycles. The predicted molar refractivity (Wildman–Crippen MR) is 81.0 cm³/mol. The maximum absolute atomic E-state index is 12.6. The molecule has 1 aliphatic heterocycles. The van der Waals surface area contributed by atoms with E-state index >= 15 is 0 Å². The molecule has 0 spiro atoms. The highest BCUT2D eigenvalue weighted by molar-refractivity contribution is 7.89. The zero-order valence-corrected chi connectivity index (χ0v) is 13.6. The van der Waals surface area contributed by atoms with Gasteiger partial charge in [0.2, 0.25) is 15.9 Å². The number of rotatable bonds is 3. The zero-order chi connectivity index (χ0) is 16.5. The van der Waals surface area contributed by atoms with Gasteiger partial charge in [-0.05, 0) is 24.6 Å². The molecule has 1 aromatic carbocycles. The first-order chi connectivity index (χ1) is 10.2. The van der Waals surface area contributed by atoms with Crippen LogP contribution in [0.3, 0.4) is 0 Å². The number of piperazine rings is 1.